The lowest BCUT2D eigenvalue weighted by molar-refractivity contribution is 0.584. The van der Waals surface area contributed by atoms with Crippen LogP contribution in [0.3, 0.4) is 0 Å². The summed E-state index contributed by atoms with van der Waals surface area (Å²) in [7, 11) is 1.72. The Morgan fingerprint density at radius 2 is 1.91 bits per heavy atom. The lowest BCUT2D eigenvalue weighted by atomic mass is 10.0. The number of anilines is 1. The summed E-state index contributed by atoms with van der Waals surface area (Å²) in [5.41, 5.74) is 1.64. The van der Waals surface area contributed by atoms with Gasteiger partial charge in [-0.05, 0) is 48.6 Å². The van der Waals surface area contributed by atoms with Gasteiger partial charge in [0.15, 0.2) is 0 Å². The Morgan fingerprint density at radius 1 is 1.18 bits per heavy atom. The first-order valence-corrected chi connectivity index (χ1v) is 7.19. The van der Waals surface area contributed by atoms with E-state index < -0.39 is 11.6 Å². The molecule has 0 atom stereocenters. The summed E-state index contributed by atoms with van der Waals surface area (Å²) in [6.07, 6.45) is 3.65. The quantitative estimate of drug-likeness (QED) is 0.803. The van der Waals surface area contributed by atoms with Crippen molar-refractivity contribution in [1.82, 2.24) is 14.6 Å². The third-order valence-electron chi connectivity index (χ3n) is 3.98. The van der Waals surface area contributed by atoms with Gasteiger partial charge in [0.05, 0.1) is 23.0 Å². The molecule has 2 heterocycles. The van der Waals surface area contributed by atoms with Crippen molar-refractivity contribution < 1.29 is 8.78 Å². The standard InChI is InChI=1S/C16H14F2N4/c1-19-16-20-8-11-4-5-14(21-22(11)16)15-12(17)6-10(7-13(15)18)9-2-3-9/h4-9H,2-3H2,1H3,(H,19,20). The van der Waals surface area contributed by atoms with E-state index in [9.17, 15) is 8.78 Å². The van der Waals surface area contributed by atoms with Crippen LogP contribution >= 0.6 is 0 Å². The van der Waals surface area contributed by atoms with E-state index in [2.05, 4.69) is 15.4 Å². The highest BCUT2D eigenvalue weighted by atomic mass is 19.1. The molecule has 3 aromatic rings. The fraction of sp³-hybridized carbons (Fsp3) is 0.250. The van der Waals surface area contributed by atoms with Crippen LogP contribution in [-0.2, 0) is 0 Å². The third-order valence-corrected chi connectivity index (χ3v) is 3.98. The molecule has 0 aliphatic heterocycles. The van der Waals surface area contributed by atoms with E-state index in [1.165, 1.54) is 16.6 Å². The molecular formula is C16H14F2N4. The molecule has 4 nitrogen and oxygen atoms in total. The Balaban J connectivity index is 1.87. The molecule has 1 aliphatic rings. The fourth-order valence-electron chi connectivity index (χ4n) is 2.68. The molecule has 6 heteroatoms. The van der Waals surface area contributed by atoms with Gasteiger partial charge in [-0.25, -0.2) is 13.8 Å². The Morgan fingerprint density at radius 3 is 2.55 bits per heavy atom. The van der Waals surface area contributed by atoms with Gasteiger partial charge in [0.25, 0.3) is 0 Å². The third kappa shape index (κ3) is 2.03. The van der Waals surface area contributed by atoms with Crippen LogP contribution in [0.25, 0.3) is 16.8 Å². The molecule has 22 heavy (non-hydrogen) atoms. The topological polar surface area (TPSA) is 42.2 Å². The second-order valence-electron chi connectivity index (χ2n) is 5.52. The van der Waals surface area contributed by atoms with Gasteiger partial charge >= 0.3 is 0 Å². The molecule has 0 bridgehead atoms. The number of halogens is 2. The highest BCUT2D eigenvalue weighted by molar-refractivity contribution is 5.64. The van der Waals surface area contributed by atoms with Crippen LogP contribution in [0, 0.1) is 11.6 Å². The number of rotatable bonds is 3. The second-order valence-corrected chi connectivity index (χ2v) is 5.52. The van der Waals surface area contributed by atoms with Crippen LogP contribution in [0.4, 0.5) is 14.7 Å². The van der Waals surface area contributed by atoms with Crippen molar-refractivity contribution in [3.63, 3.8) is 0 Å². The number of fused-ring (bicyclic) bond motifs is 1. The van der Waals surface area contributed by atoms with Gasteiger partial charge in [-0.1, -0.05) is 0 Å². The van der Waals surface area contributed by atoms with E-state index in [1.807, 2.05) is 0 Å². The van der Waals surface area contributed by atoms with Gasteiger partial charge in [0.1, 0.15) is 11.6 Å². The van der Waals surface area contributed by atoms with Gasteiger partial charge in [0.2, 0.25) is 5.95 Å². The monoisotopic (exact) mass is 300 g/mol. The minimum Gasteiger partial charge on any atom is -0.357 e. The average Bonchev–Trinajstić information content (AvgIpc) is 3.27. The van der Waals surface area contributed by atoms with Crippen molar-refractivity contribution in [3.8, 4) is 11.3 Å². The molecule has 0 amide bonds. The van der Waals surface area contributed by atoms with Crippen LogP contribution in [0.15, 0.2) is 30.5 Å². The fourth-order valence-corrected chi connectivity index (χ4v) is 2.68. The van der Waals surface area contributed by atoms with Crippen molar-refractivity contribution in [2.75, 3.05) is 12.4 Å². The van der Waals surface area contributed by atoms with Crippen molar-refractivity contribution in [2.45, 2.75) is 18.8 Å². The summed E-state index contributed by atoms with van der Waals surface area (Å²) in [6.45, 7) is 0. The second kappa shape index (κ2) is 4.76. The van der Waals surface area contributed by atoms with Crippen LogP contribution < -0.4 is 5.32 Å². The number of nitrogens with zero attached hydrogens (tertiary/aromatic N) is 3. The van der Waals surface area contributed by atoms with E-state index in [1.54, 1.807) is 25.4 Å². The molecule has 4 rings (SSSR count). The van der Waals surface area contributed by atoms with Gasteiger partial charge in [0, 0.05) is 7.05 Å². The Hall–Kier alpha value is -2.50. The first kappa shape index (κ1) is 13.2. The maximum Gasteiger partial charge on any atom is 0.224 e. The highest BCUT2D eigenvalue weighted by Crippen LogP contribution is 2.41. The number of imidazole rings is 1. The molecule has 1 aliphatic carbocycles. The summed E-state index contributed by atoms with van der Waals surface area (Å²) in [5, 5.41) is 7.19. The van der Waals surface area contributed by atoms with Crippen molar-refractivity contribution in [1.29, 1.82) is 0 Å². The summed E-state index contributed by atoms with van der Waals surface area (Å²) in [6, 6.07) is 6.20. The predicted octanol–water partition coefficient (Wildman–Crippen LogP) is 3.59. The van der Waals surface area contributed by atoms with Crippen LogP contribution in [0.2, 0.25) is 0 Å². The zero-order chi connectivity index (χ0) is 15.3. The van der Waals surface area contributed by atoms with E-state index in [0.29, 0.717) is 11.9 Å². The summed E-state index contributed by atoms with van der Waals surface area (Å²) < 4.78 is 30.3. The van der Waals surface area contributed by atoms with Crippen LogP contribution in [-0.4, -0.2) is 21.6 Å². The minimum atomic E-state index is -0.570. The molecule has 112 valence electrons. The highest BCUT2D eigenvalue weighted by Gasteiger charge is 2.26. The van der Waals surface area contributed by atoms with E-state index in [4.69, 9.17) is 0 Å². The van der Waals surface area contributed by atoms with E-state index in [-0.39, 0.29) is 11.3 Å². The molecule has 1 N–H and O–H groups in total. The zero-order valence-corrected chi connectivity index (χ0v) is 12.0. The lowest BCUT2D eigenvalue weighted by Crippen LogP contribution is -2.02. The molecular weight excluding hydrogens is 286 g/mol. The molecule has 0 saturated heterocycles. The number of aromatic nitrogens is 3. The van der Waals surface area contributed by atoms with Gasteiger partial charge < -0.3 is 5.32 Å². The molecule has 1 aromatic carbocycles. The molecule has 0 radical (unpaired) electrons. The Labute approximate surface area is 125 Å². The van der Waals surface area contributed by atoms with E-state index >= 15 is 0 Å². The Kier molecular flexibility index (Phi) is 2.85. The number of benzene rings is 1. The van der Waals surface area contributed by atoms with E-state index in [0.717, 1.165) is 23.9 Å². The smallest absolute Gasteiger partial charge is 0.224 e. The zero-order valence-electron chi connectivity index (χ0n) is 12.0. The maximum atomic E-state index is 14.4. The van der Waals surface area contributed by atoms with Crippen LogP contribution in [0.1, 0.15) is 24.3 Å². The first-order chi connectivity index (χ1) is 10.7. The predicted molar refractivity (Wildman–Crippen MR) is 79.9 cm³/mol. The largest absolute Gasteiger partial charge is 0.357 e. The molecule has 0 spiro atoms. The number of nitrogens with one attached hydrogen (secondary N) is 1. The summed E-state index contributed by atoms with van der Waals surface area (Å²) in [5.74, 6) is -0.315. The van der Waals surface area contributed by atoms with Gasteiger partial charge in [-0.2, -0.15) is 9.61 Å². The molecule has 0 unspecified atom stereocenters. The minimum absolute atomic E-state index is 0.0953. The molecule has 2 aromatic heterocycles. The lowest BCUT2D eigenvalue weighted by Gasteiger charge is -2.08. The first-order valence-electron chi connectivity index (χ1n) is 7.19. The van der Waals surface area contributed by atoms with Gasteiger partial charge in [-0.3, -0.25) is 0 Å². The van der Waals surface area contributed by atoms with Crippen molar-refractivity contribution in [2.24, 2.45) is 0 Å². The van der Waals surface area contributed by atoms with Crippen LogP contribution in [0.5, 0.6) is 0 Å². The van der Waals surface area contributed by atoms with Gasteiger partial charge in [-0.15, -0.1) is 0 Å². The number of hydrogen-bond acceptors (Lipinski definition) is 3. The SMILES string of the molecule is CNc1ncc2ccc(-c3c(F)cc(C4CC4)cc3F)nn12. The molecule has 1 saturated carbocycles. The Bertz CT molecular complexity index is 845. The maximum absolute atomic E-state index is 14.4. The average molecular weight is 300 g/mol. The van der Waals surface area contributed by atoms with Crippen molar-refractivity contribution >= 4 is 11.5 Å². The molecule has 1 fully saturated rings. The summed E-state index contributed by atoms with van der Waals surface area (Å²) in [4.78, 5) is 4.14. The number of hydrogen-bond donors (Lipinski definition) is 1. The normalized spacial score (nSPS) is 14.5. The summed E-state index contributed by atoms with van der Waals surface area (Å²) >= 11 is 0. The van der Waals surface area contributed by atoms with Crippen molar-refractivity contribution in [3.05, 3.63) is 47.7 Å².